The Morgan fingerprint density at radius 2 is 2.21 bits per heavy atom. The Balaban J connectivity index is 2.62. The molecule has 1 aromatic rings. The van der Waals surface area contributed by atoms with Gasteiger partial charge in [0.2, 0.25) is 0 Å². The van der Waals surface area contributed by atoms with Gasteiger partial charge in [-0.2, -0.15) is 0 Å². The highest BCUT2D eigenvalue weighted by molar-refractivity contribution is 5.32. The van der Waals surface area contributed by atoms with Gasteiger partial charge in [0, 0.05) is 6.07 Å². The van der Waals surface area contributed by atoms with Crippen LogP contribution in [0, 0.1) is 12.4 Å². The molecule has 0 amide bonds. The van der Waals surface area contributed by atoms with Gasteiger partial charge in [-0.15, -0.1) is 0 Å². The molecule has 0 aliphatic rings. The summed E-state index contributed by atoms with van der Waals surface area (Å²) in [7, 11) is 0. The van der Waals surface area contributed by atoms with Crippen LogP contribution in [0.4, 0.5) is 4.39 Å². The van der Waals surface area contributed by atoms with Crippen LogP contribution in [0.15, 0.2) is 18.2 Å². The van der Waals surface area contributed by atoms with Crippen molar-refractivity contribution in [2.24, 2.45) is 0 Å². The molecule has 0 aliphatic carbocycles. The van der Waals surface area contributed by atoms with E-state index in [-0.39, 0.29) is 0 Å². The van der Waals surface area contributed by atoms with E-state index in [2.05, 4.69) is 6.92 Å². The predicted molar refractivity (Wildman–Crippen MR) is 52.1 cm³/mol. The van der Waals surface area contributed by atoms with Gasteiger partial charge >= 0.3 is 0 Å². The van der Waals surface area contributed by atoms with Gasteiger partial charge in [-0.1, -0.05) is 13.3 Å². The van der Waals surface area contributed by atoms with Crippen molar-refractivity contribution in [2.75, 3.05) is 6.61 Å². The average Bonchev–Trinajstić information content (AvgIpc) is 2.17. The van der Waals surface area contributed by atoms with Crippen LogP contribution in [-0.2, 0) is 0 Å². The second-order valence-corrected chi connectivity index (χ2v) is 3.05. The van der Waals surface area contributed by atoms with Crippen LogP contribution in [-0.4, -0.2) is 11.7 Å². The fourth-order valence-electron chi connectivity index (χ4n) is 1.08. The minimum absolute atomic E-state index is 0.403. The molecule has 2 nitrogen and oxygen atoms in total. The Bertz CT molecular complexity index is 287. The molecule has 0 saturated carbocycles. The zero-order chi connectivity index (χ0) is 10.4. The van der Waals surface area contributed by atoms with Crippen LogP contribution in [0.1, 0.15) is 25.3 Å². The second-order valence-electron chi connectivity index (χ2n) is 3.05. The van der Waals surface area contributed by atoms with Crippen molar-refractivity contribution >= 4 is 0 Å². The monoisotopic (exact) mass is 197 g/mol. The van der Waals surface area contributed by atoms with Gasteiger partial charge in [-0.05, 0) is 24.1 Å². The molecule has 0 atom stereocenters. The van der Waals surface area contributed by atoms with Crippen molar-refractivity contribution in [2.45, 2.75) is 19.8 Å². The van der Waals surface area contributed by atoms with Crippen molar-refractivity contribution in [1.29, 1.82) is 0 Å². The van der Waals surface area contributed by atoms with E-state index in [1.54, 1.807) is 6.07 Å². The Kier molecular flexibility index (Phi) is 4.40. The van der Waals surface area contributed by atoms with Gasteiger partial charge in [0.25, 0.3) is 0 Å². The van der Waals surface area contributed by atoms with Crippen molar-refractivity contribution in [3.05, 3.63) is 36.2 Å². The molecule has 14 heavy (non-hydrogen) atoms. The molecule has 0 fully saturated rings. The number of rotatable bonds is 5. The first-order valence-corrected chi connectivity index (χ1v) is 4.67. The summed E-state index contributed by atoms with van der Waals surface area (Å²) in [5.41, 5.74) is 0.413. The smallest absolute Gasteiger partial charge is 0.127 e. The summed E-state index contributed by atoms with van der Waals surface area (Å²) in [6.07, 6.45) is 1.98. The normalized spacial score (nSPS) is 10.2. The van der Waals surface area contributed by atoms with Crippen molar-refractivity contribution in [3.63, 3.8) is 0 Å². The molecule has 0 aliphatic heterocycles. The number of aliphatic hydroxyl groups is 1. The first-order valence-electron chi connectivity index (χ1n) is 4.67. The van der Waals surface area contributed by atoms with Gasteiger partial charge in [0.1, 0.15) is 18.2 Å². The third-order valence-corrected chi connectivity index (χ3v) is 1.81. The van der Waals surface area contributed by atoms with E-state index in [1.165, 1.54) is 12.1 Å². The highest BCUT2D eigenvalue weighted by Gasteiger charge is 2.00. The molecule has 77 valence electrons. The fourth-order valence-corrected chi connectivity index (χ4v) is 1.08. The number of hydrogen-bond donors (Lipinski definition) is 1. The summed E-state index contributed by atoms with van der Waals surface area (Å²) in [5.74, 6) is 0.0537. The summed E-state index contributed by atoms with van der Waals surface area (Å²) in [4.78, 5) is 0. The van der Waals surface area contributed by atoms with Crippen LogP contribution >= 0.6 is 0 Å². The molecule has 0 bridgehead atoms. The third kappa shape index (κ3) is 3.34. The van der Waals surface area contributed by atoms with Gasteiger partial charge in [-0.3, -0.25) is 0 Å². The van der Waals surface area contributed by atoms with E-state index in [0.29, 0.717) is 17.9 Å². The van der Waals surface area contributed by atoms with Gasteiger partial charge in [0.15, 0.2) is 0 Å². The van der Waals surface area contributed by atoms with E-state index >= 15 is 0 Å². The van der Waals surface area contributed by atoms with E-state index in [0.717, 1.165) is 19.4 Å². The zero-order valence-electron chi connectivity index (χ0n) is 8.16. The van der Waals surface area contributed by atoms with Crippen molar-refractivity contribution < 1.29 is 14.2 Å². The molecule has 1 radical (unpaired) electrons. The summed E-state index contributed by atoms with van der Waals surface area (Å²) in [6, 6.07) is 4.15. The quantitative estimate of drug-likeness (QED) is 0.735. The Labute approximate surface area is 83.3 Å². The van der Waals surface area contributed by atoms with Crippen LogP contribution < -0.4 is 4.74 Å². The molecule has 1 N–H and O–H groups in total. The van der Waals surface area contributed by atoms with Crippen LogP contribution in [0.2, 0.25) is 0 Å². The SMILES string of the molecule is CCCCOc1cc(F)cc([CH]O)c1. The first-order chi connectivity index (χ1) is 6.76. The fraction of sp³-hybridized carbons (Fsp3) is 0.364. The molecule has 1 aromatic carbocycles. The largest absolute Gasteiger partial charge is 0.493 e. The zero-order valence-corrected chi connectivity index (χ0v) is 8.16. The molecule has 0 spiro atoms. The molecular weight excluding hydrogens is 183 g/mol. The van der Waals surface area contributed by atoms with Crippen molar-refractivity contribution in [3.8, 4) is 5.75 Å². The van der Waals surface area contributed by atoms with Crippen molar-refractivity contribution in [1.82, 2.24) is 0 Å². The highest BCUT2D eigenvalue weighted by atomic mass is 19.1. The standard InChI is InChI=1S/C11H14FO2/c1-2-3-4-14-11-6-9(8-13)5-10(12)7-11/h5-8,13H,2-4H2,1H3. The maximum atomic E-state index is 12.9. The molecular formula is C11H14FO2. The minimum atomic E-state index is -0.403. The lowest BCUT2D eigenvalue weighted by Gasteiger charge is -2.06. The Morgan fingerprint density at radius 1 is 1.43 bits per heavy atom. The summed E-state index contributed by atoms with van der Waals surface area (Å²) in [5, 5.41) is 8.71. The number of halogens is 1. The van der Waals surface area contributed by atoms with E-state index in [1.807, 2.05) is 0 Å². The van der Waals surface area contributed by atoms with Crippen LogP contribution in [0.5, 0.6) is 5.75 Å². The lowest BCUT2D eigenvalue weighted by Crippen LogP contribution is -1.97. The summed E-state index contributed by atoms with van der Waals surface area (Å²) < 4.78 is 18.2. The first kappa shape index (κ1) is 11.0. The van der Waals surface area contributed by atoms with Gasteiger partial charge < -0.3 is 9.84 Å². The number of hydrogen-bond acceptors (Lipinski definition) is 2. The molecule has 0 unspecified atom stereocenters. The maximum Gasteiger partial charge on any atom is 0.127 e. The average molecular weight is 197 g/mol. The lowest BCUT2D eigenvalue weighted by atomic mass is 10.2. The van der Waals surface area contributed by atoms with Gasteiger partial charge in [0.05, 0.1) is 6.61 Å². The molecule has 0 aromatic heterocycles. The number of ether oxygens (including phenoxy) is 1. The Hall–Kier alpha value is -1.09. The van der Waals surface area contributed by atoms with E-state index in [4.69, 9.17) is 9.84 Å². The van der Waals surface area contributed by atoms with E-state index < -0.39 is 5.82 Å². The van der Waals surface area contributed by atoms with Crippen LogP contribution in [0.25, 0.3) is 0 Å². The molecule has 0 heterocycles. The topological polar surface area (TPSA) is 29.5 Å². The minimum Gasteiger partial charge on any atom is -0.493 e. The number of aliphatic hydroxyl groups excluding tert-OH is 1. The molecule has 1 rings (SSSR count). The Morgan fingerprint density at radius 3 is 2.86 bits per heavy atom. The van der Waals surface area contributed by atoms with E-state index in [9.17, 15) is 4.39 Å². The highest BCUT2D eigenvalue weighted by Crippen LogP contribution is 2.17. The summed E-state index contributed by atoms with van der Waals surface area (Å²) in [6.45, 7) is 3.49. The lowest BCUT2D eigenvalue weighted by molar-refractivity contribution is 0.307. The number of unbranched alkanes of at least 4 members (excludes halogenated alkanes) is 1. The summed E-state index contributed by atoms with van der Waals surface area (Å²) >= 11 is 0. The van der Waals surface area contributed by atoms with Gasteiger partial charge in [-0.25, -0.2) is 4.39 Å². The predicted octanol–water partition coefficient (Wildman–Crippen LogP) is 2.89. The second kappa shape index (κ2) is 5.60. The number of benzene rings is 1. The molecule has 0 saturated heterocycles. The maximum absolute atomic E-state index is 12.9. The molecule has 3 heteroatoms. The van der Waals surface area contributed by atoms with Crippen LogP contribution in [0.3, 0.4) is 0 Å². The third-order valence-electron chi connectivity index (χ3n) is 1.81.